The van der Waals surface area contributed by atoms with Crippen molar-refractivity contribution in [3.8, 4) is 0 Å². The first-order valence-corrected chi connectivity index (χ1v) is 6.65. The maximum Gasteiger partial charge on any atom is 0.159 e. The fourth-order valence-electron chi connectivity index (χ4n) is 2.21. The van der Waals surface area contributed by atoms with Crippen molar-refractivity contribution in [3.05, 3.63) is 16.8 Å². The highest BCUT2D eigenvalue weighted by atomic mass is 32.1. The van der Waals surface area contributed by atoms with Crippen LogP contribution >= 0.6 is 12.2 Å². The van der Waals surface area contributed by atoms with Crippen molar-refractivity contribution >= 4 is 23.0 Å². The Labute approximate surface area is 113 Å². The Hall–Kier alpha value is -1.23. The first-order chi connectivity index (χ1) is 8.33. The lowest BCUT2D eigenvalue weighted by molar-refractivity contribution is 0.491. The third kappa shape index (κ3) is 2.46. The molecule has 2 rings (SSSR count). The minimum absolute atomic E-state index is 0.00983. The van der Waals surface area contributed by atoms with Gasteiger partial charge in [0.15, 0.2) is 5.82 Å². The second-order valence-corrected chi connectivity index (χ2v) is 6.06. The Morgan fingerprint density at radius 1 is 1.33 bits per heavy atom. The first-order valence-electron chi connectivity index (χ1n) is 6.25. The summed E-state index contributed by atoms with van der Waals surface area (Å²) in [5.74, 6) is 1.41. The minimum Gasteiger partial charge on any atom is -0.389 e. The summed E-state index contributed by atoms with van der Waals surface area (Å²) in [5, 5.41) is 11.8. The number of rotatable bonds is 4. The molecule has 1 aromatic rings. The molecule has 1 aliphatic rings. The first kappa shape index (κ1) is 13.2. The van der Waals surface area contributed by atoms with E-state index in [1.165, 1.54) is 12.8 Å². The number of nitrogens with two attached hydrogens (primary N) is 1. The highest BCUT2D eigenvalue weighted by Gasteiger charge is 2.38. The summed E-state index contributed by atoms with van der Waals surface area (Å²) in [4.78, 5) is 0.375. The van der Waals surface area contributed by atoms with E-state index in [4.69, 9.17) is 18.0 Å². The fourth-order valence-corrected chi connectivity index (χ4v) is 2.46. The van der Waals surface area contributed by atoms with Gasteiger partial charge in [0.1, 0.15) is 4.99 Å². The Kier molecular flexibility index (Phi) is 3.27. The maximum absolute atomic E-state index is 5.82. The quantitative estimate of drug-likeness (QED) is 0.817. The molecule has 0 spiro atoms. The van der Waals surface area contributed by atoms with Crippen LogP contribution < -0.4 is 11.1 Å². The Morgan fingerprint density at radius 3 is 2.44 bits per heavy atom. The van der Waals surface area contributed by atoms with Crippen molar-refractivity contribution < 1.29 is 0 Å². The molecule has 4 nitrogen and oxygen atoms in total. The van der Waals surface area contributed by atoms with E-state index in [0.29, 0.717) is 16.7 Å². The van der Waals surface area contributed by atoms with Gasteiger partial charge in [-0.25, -0.2) is 0 Å². The van der Waals surface area contributed by atoms with E-state index in [1.807, 2.05) is 13.8 Å². The van der Waals surface area contributed by atoms with Crippen molar-refractivity contribution in [3.63, 3.8) is 0 Å². The van der Waals surface area contributed by atoms with Crippen molar-refractivity contribution in [2.24, 2.45) is 11.7 Å². The van der Waals surface area contributed by atoms with Crippen molar-refractivity contribution in [1.82, 2.24) is 10.2 Å². The van der Waals surface area contributed by atoms with Gasteiger partial charge >= 0.3 is 0 Å². The van der Waals surface area contributed by atoms with Gasteiger partial charge < -0.3 is 11.1 Å². The van der Waals surface area contributed by atoms with Gasteiger partial charge in [-0.2, -0.15) is 5.10 Å². The molecule has 98 valence electrons. The molecule has 1 aliphatic carbocycles. The van der Waals surface area contributed by atoms with E-state index >= 15 is 0 Å². The molecule has 1 saturated carbocycles. The second kappa shape index (κ2) is 4.46. The summed E-state index contributed by atoms with van der Waals surface area (Å²) >= 11 is 5.14. The van der Waals surface area contributed by atoms with Crippen LogP contribution in [0.3, 0.4) is 0 Å². The molecular weight excluding hydrogens is 244 g/mol. The molecule has 0 amide bonds. The van der Waals surface area contributed by atoms with Crippen LogP contribution in [0.1, 0.15) is 43.5 Å². The van der Waals surface area contributed by atoms with Crippen LogP contribution in [0.25, 0.3) is 0 Å². The van der Waals surface area contributed by atoms with Crippen LogP contribution in [0.15, 0.2) is 0 Å². The van der Waals surface area contributed by atoms with E-state index in [2.05, 4.69) is 29.4 Å². The summed E-state index contributed by atoms with van der Waals surface area (Å²) in [5.41, 5.74) is 8.53. The highest BCUT2D eigenvalue weighted by molar-refractivity contribution is 7.80. The maximum atomic E-state index is 5.82. The van der Waals surface area contributed by atoms with E-state index in [0.717, 1.165) is 16.8 Å². The summed E-state index contributed by atoms with van der Waals surface area (Å²) in [7, 11) is 0. The molecule has 5 heteroatoms. The Morgan fingerprint density at radius 2 is 1.94 bits per heavy atom. The minimum atomic E-state index is 0.00983. The Bertz CT molecular complexity index is 492. The molecule has 0 aliphatic heterocycles. The van der Waals surface area contributed by atoms with Crippen LogP contribution in [0, 0.1) is 19.8 Å². The standard InChI is InChI=1S/C13H20N4S/c1-7-8(2)16-17-12(10(7)11(14)18)15-13(3,4)9-5-6-9/h9H,5-6H2,1-4H3,(H2,14,18)(H,15,17). The molecule has 0 bridgehead atoms. The third-order valence-corrected chi connectivity index (χ3v) is 3.94. The van der Waals surface area contributed by atoms with E-state index < -0.39 is 0 Å². The van der Waals surface area contributed by atoms with Gasteiger partial charge in [0.05, 0.1) is 11.3 Å². The van der Waals surface area contributed by atoms with Crippen molar-refractivity contribution in [2.75, 3.05) is 5.32 Å². The van der Waals surface area contributed by atoms with Gasteiger partial charge in [0.25, 0.3) is 0 Å². The number of hydrogen-bond acceptors (Lipinski definition) is 4. The summed E-state index contributed by atoms with van der Waals surface area (Å²) in [6.45, 7) is 8.27. The third-order valence-electron chi connectivity index (χ3n) is 3.74. The van der Waals surface area contributed by atoms with Crippen LogP contribution in [-0.2, 0) is 0 Å². The predicted molar refractivity (Wildman–Crippen MR) is 77.8 cm³/mol. The lowest BCUT2D eigenvalue weighted by Crippen LogP contribution is -2.35. The molecule has 0 saturated heterocycles. The predicted octanol–water partition coefficient (Wildman–Crippen LogP) is 2.33. The number of nitrogens with zero attached hydrogens (tertiary/aromatic N) is 2. The zero-order chi connectivity index (χ0) is 13.5. The summed E-state index contributed by atoms with van der Waals surface area (Å²) in [6, 6.07) is 0. The van der Waals surface area contributed by atoms with Gasteiger partial charge in [-0.1, -0.05) is 12.2 Å². The number of nitrogens with one attached hydrogen (secondary N) is 1. The van der Waals surface area contributed by atoms with Crippen LogP contribution in [0.4, 0.5) is 5.82 Å². The summed E-state index contributed by atoms with van der Waals surface area (Å²) < 4.78 is 0. The lowest BCUT2D eigenvalue weighted by atomic mass is 9.98. The molecule has 0 unspecified atom stereocenters. The molecule has 1 heterocycles. The number of aryl methyl sites for hydroxylation is 1. The van der Waals surface area contributed by atoms with Gasteiger partial charge in [-0.15, -0.1) is 5.10 Å². The fraction of sp³-hybridized carbons (Fsp3) is 0.615. The lowest BCUT2D eigenvalue weighted by Gasteiger charge is -2.28. The smallest absolute Gasteiger partial charge is 0.159 e. The molecule has 3 N–H and O–H groups in total. The Balaban J connectivity index is 2.38. The molecule has 18 heavy (non-hydrogen) atoms. The average Bonchev–Trinajstić information content (AvgIpc) is 3.06. The largest absolute Gasteiger partial charge is 0.389 e. The van der Waals surface area contributed by atoms with Crippen molar-refractivity contribution in [2.45, 2.75) is 46.1 Å². The molecule has 1 fully saturated rings. The van der Waals surface area contributed by atoms with Gasteiger partial charge in [0, 0.05) is 5.54 Å². The topological polar surface area (TPSA) is 63.8 Å². The van der Waals surface area contributed by atoms with Crippen LogP contribution in [-0.4, -0.2) is 20.7 Å². The molecule has 0 aromatic carbocycles. The highest BCUT2D eigenvalue weighted by Crippen LogP contribution is 2.41. The van der Waals surface area contributed by atoms with Gasteiger partial charge in [-0.3, -0.25) is 0 Å². The summed E-state index contributed by atoms with van der Waals surface area (Å²) in [6.07, 6.45) is 2.53. The van der Waals surface area contributed by atoms with Crippen LogP contribution in [0.5, 0.6) is 0 Å². The molecule has 0 radical (unpaired) electrons. The number of anilines is 1. The molecule has 1 aromatic heterocycles. The zero-order valence-corrected chi connectivity index (χ0v) is 12.2. The van der Waals surface area contributed by atoms with E-state index in [-0.39, 0.29) is 5.54 Å². The SMILES string of the molecule is Cc1nnc(NC(C)(C)C2CC2)c(C(N)=S)c1C. The van der Waals surface area contributed by atoms with E-state index in [9.17, 15) is 0 Å². The van der Waals surface area contributed by atoms with Crippen LogP contribution in [0.2, 0.25) is 0 Å². The number of aromatic nitrogens is 2. The molecule has 0 atom stereocenters. The van der Waals surface area contributed by atoms with Crippen molar-refractivity contribution in [1.29, 1.82) is 0 Å². The van der Waals surface area contributed by atoms with Gasteiger partial charge in [-0.05, 0) is 52.0 Å². The van der Waals surface area contributed by atoms with Gasteiger partial charge in [0.2, 0.25) is 0 Å². The average molecular weight is 264 g/mol. The number of thiocarbonyl (C=S) groups is 1. The monoisotopic (exact) mass is 264 g/mol. The zero-order valence-electron chi connectivity index (χ0n) is 11.4. The molecular formula is C13H20N4S. The number of hydrogen-bond donors (Lipinski definition) is 2. The van der Waals surface area contributed by atoms with E-state index in [1.54, 1.807) is 0 Å². The second-order valence-electron chi connectivity index (χ2n) is 5.62. The normalized spacial score (nSPS) is 15.6.